The maximum Gasteiger partial charge on any atom is 0.127 e. The Morgan fingerprint density at radius 2 is 1.94 bits per heavy atom. The van der Waals surface area contributed by atoms with Gasteiger partial charge in [0.25, 0.3) is 0 Å². The maximum atomic E-state index is 11.4. The number of carbonyl (C=O) groups is 1. The molecular weight excluding hydrogens is 210 g/mol. The Kier molecular flexibility index (Phi) is 6.18. The van der Waals surface area contributed by atoms with Gasteiger partial charge in [-0.25, -0.2) is 0 Å². The number of hydrogen-bond acceptors (Lipinski definition) is 2. The van der Waals surface area contributed by atoms with E-state index in [1.54, 1.807) is 0 Å². The smallest absolute Gasteiger partial charge is 0.127 e. The Bertz CT molecular complexity index is 219. The average Bonchev–Trinajstić information content (AvgIpc) is 2.33. The molecule has 1 aliphatic carbocycles. The van der Waals surface area contributed by atoms with Crippen LogP contribution in [-0.2, 0) is 4.79 Å². The number of hydrogen-bond donors (Lipinski definition) is 0. The largest absolute Gasteiger partial charge is 0.305 e. The minimum Gasteiger partial charge on any atom is -0.305 e. The van der Waals surface area contributed by atoms with Gasteiger partial charge in [0, 0.05) is 12.0 Å². The summed E-state index contributed by atoms with van der Waals surface area (Å²) in [6, 6.07) is 0. The lowest BCUT2D eigenvalue weighted by Crippen LogP contribution is -2.40. The third-order valence-electron chi connectivity index (χ3n) is 4.25. The lowest BCUT2D eigenvalue weighted by atomic mass is 9.71. The van der Waals surface area contributed by atoms with Gasteiger partial charge in [-0.1, -0.05) is 26.7 Å². The first-order chi connectivity index (χ1) is 8.12. The summed E-state index contributed by atoms with van der Waals surface area (Å²) in [5, 5.41) is 0. The van der Waals surface area contributed by atoms with Gasteiger partial charge in [0.1, 0.15) is 6.29 Å². The molecule has 2 nitrogen and oxygen atoms in total. The molecule has 0 heterocycles. The minimum atomic E-state index is -0.0343. The van der Waals surface area contributed by atoms with Crippen molar-refractivity contribution in [1.29, 1.82) is 0 Å². The van der Waals surface area contributed by atoms with E-state index in [0.29, 0.717) is 0 Å². The molecule has 0 aromatic carbocycles. The first-order valence-electron chi connectivity index (χ1n) is 7.27. The molecular formula is C15H29NO. The summed E-state index contributed by atoms with van der Waals surface area (Å²) in [4.78, 5) is 13.8. The molecule has 0 bridgehead atoms. The zero-order chi connectivity index (χ0) is 12.7. The molecule has 0 aromatic heterocycles. The summed E-state index contributed by atoms with van der Waals surface area (Å²) in [6.45, 7) is 6.64. The number of carbonyl (C=O) groups excluding carboxylic acids is 1. The molecule has 1 fully saturated rings. The van der Waals surface area contributed by atoms with E-state index in [1.807, 2.05) is 0 Å². The van der Waals surface area contributed by atoms with Crippen LogP contribution in [0.1, 0.15) is 58.8 Å². The van der Waals surface area contributed by atoms with Crippen molar-refractivity contribution in [3.8, 4) is 0 Å². The second-order valence-corrected chi connectivity index (χ2v) is 6.11. The Morgan fingerprint density at radius 3 is 2.47 bits per heavy atom. The van der Waals surface area contributed by atoms with Gasteiger partial charge in [0.15, 0.2) is 0 Å². The Morgan fingerprint density at radius 1 is 1.29 bits per heavy atom. The molecule has 1 rings (SSSR count). The summed E-state index contributed by atoms with van der Waals surface area (Å²) < 4.78 is 0. The van der Waals surface area contributed by atoms with Gasteiger partial charge in [-0.3, -0.25) is 0 Å². The van der Waals surface area contributed by atoms with Crippen LogP contribution in [0.25, 0.3) is 0 Å². The summed E-state index contributed by atoms with van der Waals surface area (Å²) in [7, 11) is 2.17. The molecule has 1 saturated carbocycles. The molecule has 17 heavy (non-hydrogen) atoms. The van der Waals surface area contributed by atoms with E-state index in [4.69, 9.17) is 0 Å². The van der Waals surface area contributed by atoms with E-state index in [9.17, 15) is 4.79 Å². The lowest BCUT2D eigenvalue weighted by Gasteiger charge is -2.37. The topological polar surface area (TPSA) is 20.3 Å². The Balaban J connectivity index is 2.37. The maximum absolute atomic E-state index is 11.4. The van der Waals surface area contributed by atoms with Crippen LogP contribution >= 0.6 is 0 Å². The van der Waals surface area contributed by atoms with Crippen LogP contribution in [0, 0.1) is 11.3 Å². The van der Waals surface area contributed by atoms with Crippen LogP contribution in [0.5, 0.6) is 0 Å². The van der Waals surface area contributed by atoms with Gasteiger partial charge < -0.3 is 9.69 Å². The van der Waals surface area contributed by atoms with Crippen molar-refractivity contribution in [2.24, 2.45) is 11.3 Å². The van der Waals surface area contributed by atoms with Crippen molar-refractivity contribution in [1.82, 2.24) is 4.90 Å². The SMILES string of the molecule is CCCCCN(C)CC1(C=O)CCC(C)CC1. The summed E-state index contributed by atoms with van der Waals surface area (Å²) in [5.41, 5.74) is -0.0343. The van der Waals surface area contributed by atoms with Crippen molar-refractivity contribution in [3.05, 3.63) is 0 Å². The van der Waals surface area contributed by atoms with Crippen LogP contribution in [-0.4, -0.2) is 31.3 Å². The quantitative estimate of drug-likeness (QED) is 0.500. The molecule has 0 unspecified atom stereocenters. The zero-order valence-electron chi connectivity index (χ0n) is 11.9. The molecule has 0 amide bonds. The molecule has 0 radical (unpaired) electrons. The molecule has 100 valence electrons. The number of rotatable bonds is 7. The second-order valence-electron chi connectivity index (χ2n) is 6.11. The van der Waals surface area contributed by atoms with Crippen LogP contribution in [0.15, 0.2) is 0 Å². The van der Waals surface area contributed by atoms with E-state index < -0.39 is 0 Å². The summed E-state index contributed by atoms with van der Waals surface area (Å²) in [5.74, 6) is 0.813. The highest BCUT2D eigenvalue weighted by Gasteiger charge is 2.34. The van der Waals surface area contributed by atoms with E-state index in [-0.39, 0.29) is 5.41 Å². The molecule has 0 aliphatic heterocycles. The molecule has 0 aromatic rings. The van der Waals surface area contributed by atoms with Crippen molar-refractivity contribution in [3.63, 3.8) is 0 Å². The van der Waals surface area contributed by atoms with E-state index in [1.165, 1.54) is 38.4 Å². The molecule has 0 spiro atoms. The van der Waals surface area contributed by atoms with E-state index in [2.05, 4.69) is 25.8 Å². The second kappa shape index (κ2) is 7.15. The predicted octanol–water partition coefficient (Wildman–Crippen LogP) is 3.50. The van der Waals surface area contributed by atoms with Crippen LogP contribution < -0.4 is 0 Å². The molecule has 0 atom stereocenters. The summed E-state index contributed by atoms with van der Waals surface area (Å²) in [6.07, 6.45) is 9.71. The van der Waals surface area contributed by atoms with Gasteiger partial charge in [0.05, 0.1) is 0 Å². The highest BCUT2D eigenvalue weighted by atomic mass is 16.1. The number of unbranched alkanes of at least 4 members (excludes halogenated alkanes) is 2. The van der Waals surface area contributed by atoms with Crippen LogP contribution in [0.2, 0.25) is 0 Å². The fraction of sp³-hybridized carbons (Fsp3) is 0.933. The first kappa shape index (κ1) is 14.7. The molecule has 0 N–H and O–H groups in total. The van der Waals surface area contributed by atoms with Crippen LogP contribution in [0.3, 0.4) is 0 Å². The summed E-state index contributed by atoms with van der Waals surface area (Å²) >= 11 is 0. The zero-order valence-corrected chi connectivity index (χ0v) is 11.9. The van der Waals surface area contributed by atoms with Gasteiger partial charge in [-0.15, -0.1) is 0 Å². The van der Waals surface area contributed by atoms with Crippen molar-refractivity contribution in [2.75, 3.05) is 20.1 Å². The number of aldehydes is 1. The Labute approximate surface area is 107 Å². The van der Waals surface area contributed by atoms with Gasteiger partial charge in [-0.05, 0) is 51.6 Å². The Hall–Kier alpha value is -0.370. The highest BCUT2D eigenvalue weighted by molar-refractivity contribution is 5.60. The van der Waals surface area contributed by atoms with E-state index in [0.717, 1.165) is 31.8 Å². The average molecular weight is 239 g/mol. The standard InChI is InChI=1S/C15H29NO/c1-4-5-6-11-16(3)12-15(13-17)9-7-14(2)8-10-15/h13-14H,4-12H2,1-3H3. The van der Waals surface area contributed by atoms with Crippen molar-refractivity contribution in [2.45, 2.75) is 58.8 Å². The fourth-order valence-corrected chi connectivity index (χ4v) is 2.90. The van der Waals surface area contributed by atoms with Crippen molar-refractivity contribution < 1.29 is 4.79 Å². The lowest BCUT2D eigenvalue weighted by molar-refractivity contribution is -0.119. The van der Waals surface area contributed by atoms with Gasteiger partial charge in [0.2, 0.25) is 0 Å². The molecule has 1 aliphatic rings. The molecule has 0 saturated heterocycles. The highest BCUT2D eigenvalue weighted by Crippen LogP contribution is 2.37. The number of nitrogens with zero attached hydrogens (tertiary/aromatic N) is 1. The predicted molar refractivity (Wildman–Crippen MR) is 73.2 cm³/mol. The normalized spacial score (nSPS) is 29.5. The van der Waals surface area contributed by atoms with Crippen LogP contribution in [0.4, 0.5) is 0 Å². The third-order valence-corrected chi connectivity index (χ3v) is 4.25. The van der Waals surface area contributed by atoms with E-state index >= 15 is 0 Å². The van der Waals surface area contributed by atoms with Gasteiger partial charge >= 0.3 is 0 Å². The third kappa shape index (κ3) is 4.79. The molecule has 2 heteroatoms. The fourth-order valence-electron chi connectivity index (χ4n) is 2.90. The first-order valence-corrected chi connectivity index (χ1v) is 7.27. The monoisotopic (exact) mass is 239 g/mol. The minimum absolute atomic E-state index is 0.0343. The van der Waals surface area contributed by atoms with Gasteiger partial charge in [-0.2, -0.15) is 0 Å². The van der Waals surface area contributed by atoms with Crippen molar-refractivity contribution >= 4 is 6.29 Å².